The number of alkyl halides is 1. The van der Waals surface area contributed by atoms with Crippen LogP contribution < -0.4 is 10.6 Å². The lowest BCUT2D eigenvalue weighted by atomic mass is 9.98. The van der Waals surface area contributed by atoms with Gasteiger partial charge in [0, 0.05) is 11.8 Å². The van der Waals surface area contributed by atoms with Gasteiger partial charge in [-0.15, -0.1) is 11.6 Å². The Hall–Kier alpha value is -2.71. The average molecular weight is 459 g/mol. The second-order valence-electron chi connectivity index (χ2n) is 7.53. The minimum atomic E-state index is -0.438. The van der Waals surface area contributed by atoms with Crippen molar-refractivity contribution in [1.82, 2.24) is 9.97 Å². The molecule has 162 valence electrons. The Kier molecular flexibility index (Phi) is 6.67. The lowest BCUT2D eigenvalue weighted by Gasteiger charge is -2.22. The Balaban J connectivity index is 1.52. The number of halogens is 1. The highest BCUT2D eigenvalue weighted by atomic mass is 35.5. The number of nitrogens with one attached hydrogen (secondary N) is 2. The molecular weight excluding hydrogens is 436 g/mol. The number of thiazole rings is 1. The van der Waals surface area contributed by atoms with E-state index in [0.717, 1.165) is 47.0 Å². The van der Waals surface area contributed by atoms with Gasteiger partial charge in [-0.1, -0.05) is 23.8 Å². The first kappa shape index (κ1) is 21.5. The zero-order valence-corrected chi connectivity index (χ0v) is 18.7. The Morgan fingerprint density at radius 1 is 1.16 bits per heavy atom. The Bertz CT molecular complexity index is 1110. The molecule has 2 aromatic heterocycles. The van der Waals surface area contributed by atoms with E-state index >= 15 is 0 Å². The normalized spacial score (nSPS) is 14.4. The number of nitrogens with zero attached hydrogens (tertiary/aromatic N) is 2. The molecule has 1 saturated carbocycles. The summed E-state index contributed by atoms with van der Waals surface area (Å²) in [6.45, 7) is 1.85. The zero-order chi connectivity index (χ0) is 21.8. The van der Waals surface area contributed by atoms with Gasteiger partial charge in [0.1, 0.15) is 12.0 Å². The first-order valence-electron chi connectivity index (χ1n) is 10.2. The molecule has 4 rings (SSSR count). The smallest absolute Gasteiger partial charge is 0.411 e. The van der Waals surface area contributed by atoms with E-state index in [2.05, 4.69) is 20.6 Å². The predicted octanol–water partition coefficient (Wildman–Crippen LogP) is 5.73. The number of carbonyl (C=O) groups excluding carboxylic acids is 2. The molecule has 0 bridgehead atoms. The maximum absolute atomic E-state index is 12.4. The van der Waals surface area contributed by atoms with Crippen LogP contribution >= 0.6 is 22.9 Å². The summed E-state index contributed by atoms with van der Waals surface area (Å²) < 4.78 is 6.49. The van der Waals surface area contributed by atoms with Gasteiger partial charge in [0.25, 0.3) is 0 Å². The number of amides is 2. The SMILES string of the molecule is Cc1ncc(-c2ccc3nc(NC(=O)CCl)sc3c2)cc1NC(=O)OC1CCCCC1. The maximum atomic E-state index is 12.4. The minimum absolute atomic E-state index is 0.00702. The van der Waals surface area contributed by atoms with Gasteiger partial charge in [0.2, 0.25) is 5.91 Å². The highest BCUT2D eigenvalue weighted by molar-refractivity contribution is 7.22. The molecule has 0 spiro atoms. The average Bonchev–Trinajstić information content (AvgIpc) is 3.17. The number of ether oxygens (including phenoxy) is 1. The van der Waals surface area contributed by atoms with Crippen molar-refractivity contribution in [1.29, 1.82) is 0 Å². The molecule has 1 aromatic carbocycles. The Labute approximate surface area is 189 Å². The van der Waals surface area contributed by atoms with Gasteiger partial charge in [0.15, 0.2) is 5.13 Å². The number of benzene rings is 1. The Morgan fingerprint density at radius 3 is 2.74 bits per heavy atom. The fraction of sp³-hybridized carbons (Fsp3) is 0.364. The van der Waals surface area contributed by atoms with Gasteiger partial charge in [-0.3, -0.25) is 15.1 Å². The fourth-order valence-corrected chi connectivity index (χ4v) is 4.59. The molecule has 0 atom stereocenters. The van der Waals surface area contributed by atoms with Crippen LogP contribution in [0.15, 0.2) is 30.5 Å². The number of hydrogen-bond acceptors (Lipinski definition) is 6. The van der Waals surface area contributed by atoms with E-state index in [0.29, 0.717) is 16.5 Å². The van der Waals surface area contributed by atoms with Gasteiger partial charge in [-0.25, -0.2) is 9.78 Å². The lowest BCUT2D eigenvalue weighted by molar-refractivity contribution is -0.113. The third kappa shape index (κ3) is 5.32. The quantitative estimate of drug-likeness (QED) is 0.476. The molecule has 2 amide bonds. The highest BCUT2D eigenvalue weighted by Gasteiger charge is 2.18. The van der Waals surface area contributed by atoms with Gasteiger partial charge in [-0.2, -0.15) is 0 Å². The molecule has 1 aliphatic rings. The fourth-order valence-electron chi connectivity index (χ4n) is 3.60. The number of rotatable bonds is 5. The van der Waals surface area contributed by atoms with Crippen LogP contribution in [0.25, 0.3) is 21.3 Å². The summed E-state index contributed by atoms with van der Waals surface area (Å²) in [6, 6.07) is 7.70. The van der Waals surface area contributed by atoms with E-state index in [1.165, 1.54) is 17.8 Å². The summed E-state index contributed by atoms with van der Waals surface area (Å²) in [4.78, 5) is 32.7. The number of pyridine rings is 1. The van der Waals surface area contributed by atoms with E-state index in [1.54, 1.807) is 6.20 Å². The van der Waals surface area contributed by atoms with Crippen LogP contribution in [-0.2, 0) is 9.53 Å². The van der Waals surface area contributed by atoms with Crippen molar-refractivity contribution in [2.24, 2.45) is 0 Å². The molecule has 0 radical (unpaired) electrons. The van der Waals surface area contributed by atoms with E-state index in [4.69, 9.17) is 16.3 Å². The third-order valence-electron chi connectivity index (χ3n) is 5.24. The van der Waals surface area contributed by atoms with Gasteiger partial charge < -0.3 is 10.1 Å². The van der Waals surface area contributed by atoms with Crippen LogP contribution in [0.4, 0.5) is 15.6 Å². The van der Waals surface area contributed by atoms with Crippen LogP contribution in [0.2, 0.25) is 0 Å². The number of hydrogen-bond donors (Lipinski definition) is 2. The van der Waals surface area contributed by atoms with Gasteiger partial charge in [0.05, 0.1) is 21.6 Å². The first-order chi connectivity index (χ1) is 15.0. The molecule has 2 heterocycles. The van der Waals surface area contributed by atoms with Crippen molar-refractivity contribution in [3.05, 3.63) is 36.2 Å². The molecule has 0 saturated heterocycles. The third-order valence-corrected chi connectivity index (χ3v) is 6.42. The van der Waals surface area contributed by atoms with E-state index in [9.17, 15) is 9.59 Å². The van der Waals surface area contributed by atoms with Crippen molar-refractivity contribution in [3.63, 3.8) is 0 Å². The molecule has 31 heavy (non-hydrogen) atoms. The molecule has 2 N–H and O–H groups in total. The second-order valence-corrected chi connectivity index (χ2v) is 8.83. The largest absolute Gasteiger partial charge is 0.446 e. The van der Waals surface area contributed by atoms with Crippen LogP contribution in [0.1, 0.15) is 37.8 Å². The van der Waals surface area contributed by atoms with Crippen molar-refractivity contribution in [2.45, 2.75) is 45.1 Å². The van der Waals surface area contributed by atoms with Crippen molar-refractivity contribution >= 4 is 56.0 Å². The number of fused-ring (bicyclic) bond motifs is 1. The van der Waals surface area contributed by atoms with Crippen LogP contribution in [-0.4, -0.2) is 34.0 Å². The summed E-state index contributed by atoms with van der Waals surface area (Å²) in [5.41, 5.74) is 3.92. The van der Waals surface area contributed by atoms with Gasteiger partial charge in [-0.05, 0) is 56.4 Å². The number of carbonyl (C=O) groups is 2. The van der Waals surface area contributed by atoms with E-state index in [-0.39, 0.29) is 17.9 Å². The van der Waals surface area contributed by atoms with Crippen LogP contribution in [0.3, 0.4) is 0 Å². The minimum Gasteiger partial charge on any atom is -0.446 e. The monoisotopic (exact) mass is 458 g/mol. The topological polar surface area (TPSA) is 93.2 Å². The molecule has 1 fully saturated rings. The lowest BCUT2D eigenvalue weighted by Crippen LogP contribution is -2.24. The molecule has 0 aliphatic heterocycles. The van der Waals surface area contributed by atoms with Crippen LogP contribution in [0, 0.1) is 6.92 Å². The molecule has 3 aromatic rings. The second kappa shape index (κ2) is 9.62. The maximum Gasteiger partial charge on any atom is 0.411 e. The van der Waals surface area contributed by atoms with Crippen molar-refractivity contribution in [3.8, 4) is 11.1 Å². The summed E-state index contributed by atoms with van der Waals surface area (Å²) in [6.07, 6.45) is 6.58. The number of aromatic nitrogens is 2. The number of aryl methyl sites for hydroxylation is 1. The van der Waals surface area contributed by atoms with Crippen molar-refractivity contribution < 1.29 is 14.3 Å². The van der Waals surface area contributed by atoms with Gasteiger partial charge >= 0.3 is 6.09 Å². The highest BCUT2D eigenvalue weighted by Crippen LogP contribution is 2.32. The Morgan fingerprint density at radius 2 is 1.97 bits per heavy atom. The molecule has 1 aliphatic carbocycles. The molecule has 9 heteroatoms. The standard InChI is InChI=1S/C22H23ClN4O3S/c1-13-18(26-22(29)30-16-5-3-2-4-6-16)9-15(12-24-13)14-7-8-17-19(10-14)31-21(25-17)27-20(28)11-23/h7-10,12,16H,2-6,11H2,1H3,(H,26,29)(H,25,27,28). The summed E-state index contributed by atoms with van der Waals surface area (Å²) in [5, 5.41) is 6.03. The summed E-state index contributed by atoms with van der Waals surface area (Å²) in [5.74, 6) is -0.408. The summed E-state index contributed by atoms with van der Waals surface area (Å²) >= 11 is 6.92. The molecular formula is C22H23ClN4O3S. The predicted molar refractivity (Wildman–Crippen MR) is 124 cm³/mol. The number of anilines is 2. The summed E-state index contributed by atoms with van der Waals surface area (Å²) in [7, 11) is 0. The molecule has 0 unspecified atom stereocenters. The van der Waals surface area contributed by atoms with E-state index in [1.807, 2.05) is 31.2 Å². The molecule has 7 nitrogen and oxygen atoms in total. The van der Waals surface area contributed by atoms with Crippen molar-refractivity contribution in [2.75, 3.05) is 16.5 Å². The van der Waals surface area contributed by atoms with E-state index < -0.39 is 6.09 Å². The first-order valence-corrected chi connectivity index (χ1v) is 11.6. The zero-order valence-electron chi connectivity index (χ0n) is 17.1. The van der Waals surface area contributed by atoms with Crippen LogP contribution in [0.5, 0.6) is 0 Å².